The van der Waals surface area contributed by atoms with Crippen molar-refractivity contribution in [2.75, 3.05) is 19.6 Å². The maximum Gasteiger partial charge on any atom is 0.269 e. The molecule has 0 radical (unpaired) electrons. The molecule has 0 spiro atoms. The van der Waals surface area contributed by atoms with Crippen molar-refractivity contribution in [3.63, 3.8) is 0 Å². The highest BCUT2D eigenvalue weighted by Gasteiger charge is 2.25. The van der Waals surface area contributed by atoms with E-state index in [-0.39, 0.29) is 18.4 Å². The number of aryl methyl sites for hydroxylation is 2. The zero-order chi connectivity index (χ0) is 15.6. The highest BCUT2D eigenvalue weighted by atomic mass is 16.2. The van der Waals surface area contributed by atoms with Crippen LogP contribution >= 0.6 is 0 Å². The number of amides is 2. The Labute approximate surface area is 125 Å². The number of nitrogens with one attached hydrogen (secondary N) is 1. The summed E-state index contributed by atoms with van der Waals surface area (Å²) in [5.41, 5.74) is 1.26. The molecular weight excluding hydrogens is 268 g/mol. The fraction of sp³-hybridized carbons (Fsp3) is 0.667. The van der Waals surface area contributed by atoms with E-state index in [2.05, 4.69) is 24.3 Å². The molecular formula is C15H24N4O2. The predicted molar refractivity (Wildman–Crippen MR) is 79.8 cm³/mol. The lowest BCUT2D eigenvalue weighted by atomic mass is 9.92. The Morgan fingerprint density at radius 1 is 1.33 bits per heavy atom. The van der Waals surface area contributed by atoms with Gasteiger partial charge in [-0.2, -0.15) is 5.10 Å². The molecule has 116 valence electrons. The smallest absolute Gasteiger partial charge is 0.269 e. The van der Waals surface area contributed by atoms with Gasteiger partial charge in [-0.1, -0.05) is 13.8 Å². The van der Waals surface area contributed by atoms with Crippen molar-refractivity contribution in [1.82, 2.24) is 20.0 Å². The minimum atomic E-state index is -0.260. The topological polar surface area (TPSA) is 67.2 Å². The van der Waals surface area contributed by atoms with E-state index >= 15 is 0 Å². The number of carbonyl (C=O) groups is 2. The highest BCUT2D eigenvalue weighted by Crippen LogP contribution is 2.20. The van der Waals surface area contributed by atoms with Crippen molar-refractivity contribution < 1.29 is 9.59 Å². The summed E-state index contributed by atoms with van der Waals surface area (Å²) in [5, 5.41) is 6.82. The van der Waals surface area contributed by atoms with Crippen LogP contribution in [0.2, 0.25) is 0 Å². The van der Waals surface area contributed by atoms with E-state index in [0.29, 0.717) is 17.5 Å². The molecule has 0 unspecified atom stereocenters. The van der Waals surface area contributed by atoms with E-state index in [1.54, 1.807) is 13.1 Å². The maximum atomic E-state index is 12.2. The Morgan fingerprint density at radius 2 is 1.95 bits per heavy atom. The molecule has 1 fully saturated rings. The van der Waals surface area contributed by atoms with Gasteiger partial charge in [0.1, 0.15) is 5.69 Å². The van der Waals surface area contributed by atoms with E-state index in [4.69, 9.17) is 0 Å². The Morgan fingerprint density at radius 3 is 2.48 bits per heavy atom. The average Bonchev–Trinajstić information content (AvgIpc) is 2.73. The molecule has 21 heavy (non-hydrogen) atoms. The van der Waals surface area contributed by atoms with Crippen LogP contribution in [0.1, 0.15) is 36.5 Å². The van der Waals surface area contributed by atoms with Gasteiger partial charge in [-0.15, -0.1) is 0 Å². The second-order valence-electron chi connectivity index (χ2n) is 6.22. The van der Waals surface area contributed by atoms with Crippen LogP contribution in [0.5, 0.6) is 0 Å². The molecule has 0 aliphatic carbocycles. The Hall–Kier alpha value is -1.85. The summed E-state index contributed by atoms with van der Waals surface area (Å²) in [4.78, 5) is 26.1. The summed E-state index contributed by atoms with van der Waals surface area (Å²) in [7, 11) is 1.72. The van der Waals surface area contributed by atoms with Gasteiger partial charge in [0.2, 0.25) is 5.91 Å². The molecule has 2 heterocycles. The van der Waals surface area contributed by atoms with E-state index in [0.717, 1.165) is 25.2 Å². The number of rotatable bonds is 3. The summed E-state index contributed by atoms with van der Waals surface area (Å²) >= 11 is 0. The van der Waals surface area contributed by atoms with Crippen LogP contribution in [0.25, 0.3) is 0 Å². The molecule has 1 N–H and O–H groups in total. The van der Waals surface area contributed by atoms with Gasteiger partial charge in [-0.3, -0.25) is 14.3 Å². The van der Waals surface area contributed by atoms with Crippen LogP contribution in [0.15, 0.2) is 6.07 Å². The van der Waals surface area contributed by atoms with Crippen molar-refractivity contribution in [2.24, 2.45) is 18.9 Å². The maximum absolute atomic E-state index is 12.2. The molecule has 2 rings (SSSR count). The Balaban J connectivity index is 1.89. The van der Waals surface area contributed by atoms with Crippen LogP contribution in [0.4, 0.5) is 0 Å². The Bertz CT molecular complexity index is 528. The molecule has 0 bridgehead atoms. The number of carbonyl (C=O) groups excluding carboxylic acids is 2. The van der Waals surface area contributed by atoms with Crippen molar-refractivity contribution >= 4 is 11.8 Å². The van der Waals surface area contributed by atoms with Gasteiger partial charge in [-0.25, -0.2) is 0 Å². The predicted octanol–water partition coefficient (Wildman–Crippen LogP) is 0.963. The zero-order valence-electron chi connectivity index (χ0n) is 13.2. The molecule has 1 aromatic heterocycles. The number of aromatic nitrogens is 2. The molecule has 1 saturated heterocycles. The minimum Gasteiger partial charge on any atom is -0.342 e. The van der Waals surface area contributed by atoms with Crippen LogP contribution in [-0.4, -0.2) is 46.1 Å². The van der Waals surface area contributed by atoms with Gasteiger partial charge >= 0.3 is 0 Å². The lowest BCUT2D eigenvalue weighted by Crippen LogP contribution is -2.47. The fourth-order valence-corrected chi connectivity index (χ4v) is 3.05. The monoisotopic (exact) mass is 292 g/mol. The van der Waals surface area contributed by atoms with Crippen molar-refractivity contribution in [1.29, 1.82) is 0 Å². The van der Waals surface area contributed by atoms with Crippen molar-refractivity contribution in [3.8, 4) is 0 Å². The molecule has 1 aliphatic rings. The van der Waals surface area contributed by atoms with Crippen LogP contribution in [-0.2, 0) is 11.8 Å². The number of likely N-dealkylation sites (tertiary alicyclic amines) is 1. The molecule has 1 aromatic rings. The second kappa shape index (κ2) is 6.28. The number of nitrogens with zero attached hydrogens (tertiary/aromatic N) is 3. The zero-order valence-corrected chi connectivity index (χ0v) is 13.2. The third-order valence-corrected chi connectivity index (χ3v) is 3.86. The third-order valence-electron chi connectivity index (χ3n) is 3.86. The number of hydrogen-bond donors (Lipinski definition) is 1. The van der Waals surface area contributed by atoms with Crippen molar-refractivity contribution in [3.05, 3.63) is 17.5 Å². The van der Waals surface area contributed by atoms with Gasteiger partial charge in [0.05, 0.1) is 12.2 Å². The molecule has 2 amide bonds. The fourth-order valence-electron chi connectivity index (χ4n) is 3.05. The van der Waals surface area contributed by atoms with Crippen molar-refractivity contribution in [2.45, 2.75) is 27.2 Å². The molecule has 0 saturated carbocycles. The van der Waals surface area contributed by atoms with E-state index < -0.39 is 0 Å². The lowest BCUT2D eigenvalue weighted by molar-refractivity contribution is -0.132. The third kappa shape index (κ3) is 3.83. The SMILES string of the molecule is Cc1cc(C(=O)NCC(=O)N2C[C@H](C)C[C@H](C)C2)n(C)n1. The summed E-state index contributed by atoms with van der Waals surface area (Å²) in [6.45, 7) is 7.76. The van der Waals surface area contributed by atoms with Gasteiger partial charge in [0, 0.05) is 20.1 Å². The second-order valence-corrected chi connectivity index (χ2v) is 6.22. The van der Waals surface area contributed by atoms with E-state index in [1.807, 2.05) is 11.8 Å². The summed E-state index contributed by atoms with van der Waals surface area (Å²) < 4.78 is 1.53. The molecule has 6 heteroatoms. The molecule has 1 aliphatic heterocycles. The highest BCUT2D eigenvalue weighted by molar-refractivity contribution is 5.95. The first-order valence-electron chi connectivity index (χ1n) is 7.43. The first kappa shape index (κ1) is 15.5. The number of hydrogen-bond acceptors (Lipinski definition) is 3. The van der Waals surface area contributed by atoms with E-state index in [9.17, 15) is 9.59 Å². The van der Waals surface area contributed by atoms with Gasteiger partial charge in [-0.05, 0) is 31.2 Å². The average molecular weight is 292 g/mol. The molecule has 2 atom stereocenters. The van der Waals surface area contributed by atoms with Gasteiger partial charge in [0.15, 0.2) is 0 Å². The Kier molecular flexibility index (Phi) is 4.65. The summed E-state index contributed by atoms with van der Waals surface area (Å²) in [6, 6.07) is 1.71. The molecule has 0 aromatic carbocycles. The largest absolute Gasteiger partial charge is 0.342 e. The first-order valence-corrected chi connectivity index (χ1v) is 7.43. The van der Waals surface area contributed by atoms with Crippen LogP contribution < -0.4 is 5.32 Å². The molecule has 6 nitrogen and oxygen atoms in total. The van der Waals surface area contributed by atoms with Crippen LogP contribution in [0.3, 0.4) is 0 Å². The lowest BCUT2D eigenvalue weighted by Gasteiger charge is -2.35. The standard InChI is InChI=1S/C15H24N4O2/c1-10-5-11(2)9-19(8-10)14(20)7-16-15(21)13-6-12(3)17-18(13)4/h6,10-11H,5,7-9H2,1-4H3,(H,16,21)/t10-,11+. The minimum absolute atomic E-state index is 0.0133. The summed E-state index contributed by atoms with van der Waals surface area (Å²) in [6.07, 6.45) is 1.16. The van der Waals surface area contributed by atoms with Crippen LogP contribution in [0, 0.1) is 18.8 Å². The normalized spacial score (nSPS) is 22.2. The summed E-state index contributed by atoms with van der Waals surface area (Å²) in [5.74, 6) is 0.770. The van der Waals surface area contributed by atoms with Gasteiger partial charge in [0.25, 0.3) is 5.91 Å². The first-order chi connectivity index (χ1) is 9.86. The van der Waals surface area contributed by atoms with E-state index in [1.165, 1.54) is 4.68 Å². The quantitative estimate of drug-likeness (QED) is 0.902. The number of piperidine rings is 1. The van der Waals surface area contributed by atoms with Gasteiger partial charge < -0.3 is 10.2 Å².